The van der Waals surface area contributed by atoms with Gasteiger partial charge in [-0.3, -0.25) is 29.8 Å². The number of carbonyl (C=O) groups is 2. The van der Waals surface area contributed by atoms with E-state index in [1.165, 1.54) is 38.5 Å². The molecule has 0 aliphatic rings. The molecular weight excluding hydrogens is 492 g/mol. The first kappa shape index (κ1) is 24.2. The molecule has 0 aliphatic heterocycles. The molecule has 36 heavy (non-hydrogen) atoms. The van der Waals surface area contributed by atoms with Crippen molar-refractivity contribution in [2.24, 2.45) is 0 Å². The summed E-state index contributed by atoms with van der Waals surface area (Å²) < 4.78 is 10.6. The van der Waals surface area contributed by atoms with Crippen LogP contribution in [0, 0.1) is 20.2 Å². The number of imide groups is 1. The fourth-order valence-electron chi connectivity index (χ4n) is 3.41. The second kappa shape index (κ2) is 9.76. The van der Waals surface area contributed by atoms with Crippen LogP contribution in [0.1, 0.15) is 20.7 Å². The summed E-state index contributed by atoms with van der Waals surface area (Å²) in [6, 6.07) is 14.0. The minimum absolute atomic E-state index is 0.0110. The summed E-state index contributed by atoms with van der Waals surface area (Å²) >= 11 is 1.04. The Kier molecular flexibility index (Phi) is 6.56. The molecule has 0 aliphatic carbocycles. The Morgan fingerprint density at radius 3 is 1.78 bits per heavy atom. The van der Waals surface area contributed by atoms with E-state index in [1.807, 2.05) is 0 Å². The van der Waals surface area contributed by atoms with Crippen molar-refractivity contribution in [2.45, 2.75) is 0 Å². The van der Waals surface area contributed by atoms with E-state index in [1.54, 1.807) is 24.3 Å². The number of benzene rings is 3. The number of carbonyl (C=O) groups excluding carboxylic acids is 2. The van der Waals surface area contributed by atoms with Crippen molar-refractivity contribution >= 4 is 49.9 Å². The molecule has 0 saturated heterocycles. The average molecular weight is 508 g/mol. The van der Waals surface area contributed by atoms with Crippen molar-refractivity contribution in [1.29, 1.82) is 0 Å². The number of anilines is 1. The monoisotopic (exact) mass is 508 g/mol. The summed E-state index contributed by atoms with van der Waals surface area (Å²) in [5.41, 5.74) is -0.791. The molecule has 0 N–H and O–H groups in total. The molecule has 182 valence electrons. The first-order valence-electron chi connectivity index (χ1n) is 10.1. The number of amides is 2. The molecule has 3 aromatic carbocycles. The van der Waals surface area contributed by atoms with Crippen LogP contribution in [0.3, 0.4) is 0 Å². The first-order chi connectivity index (χ1) is 17.2. The van der Waals surface area contributed by atoms with E-state index in [0.717, 1.165) is 28.4 Å². The SMILES string of the molecule is COc1ccc(C(=O)N(C(=O)c2ccc(OC)c([N+](=O)[O-])c2)c2nc3ccccc3s2)cc1[N+](=O)[O-]. The van der Waals surface area contributed by atoms with Crippen LogP contribution in [0.4, 0.5) is 16.5 Å². The van der Waals surface area contributed by atoms with Gasteiger partial charge in [-0.1, -0.05) is 23.5 Å². The van der Waals surface area contributed by atoms with Crippen LogP contribution in [0.5, 0.6) is 11.5 Å². The van der Waals surface area contributed by atoms with Gasteiger partial charge in [0.05, 0.1) is 34.3 Å². The molecule has 12 nitrogen and oxygen atoms in total. The third-order valence-corrected chi connectivity index (χ3v) is 6.15. The zero-order valence-corrected chi connectivity index (χ0v) is 19.6. The highest BCUT2D eigenvalue weighted by molar-refractivity contribution is 7.22. The molecule has 0 saturated carbocycles. The average Bonchev–Trinajstić information content (AvgIpc) is 3.31. The molecule has 2 amide bonds. The van der Waals surface area contributed by atoms with E-state index in [-0.39, 0.29) is 27.8 Å². The molecule has 0 bridgehead atoms. The summed E-state index contributed by atoms with van der Waals surface area (Å²) in [7, 11) is 2.49. The maximum absolute atomic E-state index is 13.6. The molecule has 0 spiro atoms. The van der Waals surface area contributed by atoms with E-state index >= 15 is 0 Å². The number of para-hydroxylation sites is 1. The minimum Gasteiger partial charge on any atom is -0.490 e. The lowest BCUT2D eigenvalue weighted by Gasteiger charge is -2.18. The fraction of sp³-hybridized carbons (Fsp3) is 0.0870. The van der Waals surface area contributed by atoms with Gasteiger partial charge in [0.25, 0.3) is 11.8 Å². The van der Waals surface area contributed by atoms with Gasteiger partial charge in [-0.2, -0.15) is 0 Å². The van der Waals surface area contributed by atoms with E-state index < -0.39 is 33.0 Å². The van der Waals surface area contributed by atoms with Crippen LogP contribution in [0.2, 0.25) is 0 Å². The number of hydrogen-bond donors (Lipinski definition) is 0. The normalized spacial score (nSPS) is 10.6. The van der Waals surface area contributed by atoms with Gasteiger partial charge in [0, 0.05) is 23.3 Å². The molecule has 4 rings (SSSR count). The number of ether oxygens (including phenoxy) is 2. The van der Waals surface area contributed by atoms with Gasteiger partial charge < -0.3 is 9.47 Å². The predicted octanol–water partition coefficient (Wildman–Crippen LogP) is 4.62. The molecule has 1 aromatic heterocycles. The highest BCUT2D eigenvalue weighted by Crippen LogP contribution is 2.34. The molecule has 4 aromatic rings. The van der Waals surface area contributed by atoms with Gasteiger partial charge >= 0.3 is 11.4 Å². The molecule has 0 unspecified atom stereocenters. The van der Waals surface area contributed by atoms with Crippen LogP contribution >= 0.6 is 11.3 Å². The Hall–Kier alpha value is -4.91. The topological polar surface area (TPSA) is 155 Å². The van der Waals surface area contributed by atoms with Crippen molar-refractivity contribution in [1.82, 2.24) is 4.98 Å². The smallest absolute Gasteiger partial charge is 0.311 e. The van der Waals surface area contributed by atoms with Crippen LogP contribution in [-0.2, 0) is 0 Å². The summed E-state index contributed by atoms with van der Waals surface area (Å²) in [4.78, 5) is 53.8. The molecular formula is C23H16N4O8S. The zero-order valence-electron chi connectivity index (χ0n) is 18.7. The zero-order chi connectivity index (χ0) is 26.0. The van der Waals surface area contributed by atoms with Crippen LogP contribution in [0.25, 0.3) is 10.2 Å². The summed E-state index contributed by atoms with van der Waals surface area (Å²) in [6.07, 6.45) is 0. The van der Waals surface area contributed by atoms with Gasteiger partial charge in [0.1, 0.15) is 0 Å². The Morgan fingerprint density at radius 1 is 0.833 bits per heavy atom. The lowest BCUT2D eigenvalue weighted by atomic mass is 10.1. The largest absolute Gasteiger partial charge is 0.490 e. The van der Waals surface area contributed by atoms with Crippen LogP contribution in [-0.4, -0.2) is 40.9 Å². The summed E-state index contributed by atoms with van der Waals surface area (Å²) in [6.45, 7) is 0. The predicted molar refractivity (Wildman–Crippen MR) is 130 cm³/mol. The van der Waals surface area contributed by atoms with Gasteiger partial charge in [-0.05, 0) is 36.4 Å². The Labute approximate surface area is 206 Å². The molecule has 13 heteroatoms. The maximum Gasteiger partial charge on any atom is 0.311 e. The quantitative estimate of drug-likeness (QED) is 0.197. The van der Waals surface area contributed by atoms with Crippen LogP contribution in [0.15, 0.2) is 60.7 Å². The number of rotatable bonds is 7. The molecule has 1 heterocycles. The minimum atomic E-state index is -0.914. The number of nitrogens with zero attached hydrogens (tertiary/aromatic N) is 4. The number of fused-ring (bicyclic) bond motifs is 1. The Balaban J connectivity index is 1.87. The van der Waals surface area contributed by atoms with E-state index in [2.05, 4.69) is 4.98 Å². The standard InChI is InChI=1S/C23H16N4O8S/c1-34-18-9-7-13(11-16(18)26(30)31)21(28)25(23-24-15-5-3-4-6-20(15)36-23)22(29)14-8-10-19(35-2)17(12-14)27(32)33/h3-12H,1-2H3. The van der Waals surface area contributed by atoms with E-state index in [0.29, 0.717) is 10.2 Å². The van der Waals surface area contributed by atoms with Crippen molar-refractivity contribution in [3.63, 3.8) is 0 Å². The molecule has 0 atom stereocenters. The number of methoxy groups -OCH3 is 2. The first-order valence-corrected chi connectivity index (χ1v) is 11.0. The van der Waals surface area contributed by atoms with Gasteiger partial charge in [-0.15, -0.1) is 0 Å². The highest BCUT2D eigenvalue weighted by Gasteiger charge is 2.32. The number of hydrogen-bond acceptors (Lipinski definition) is 10. The van der Waals surface area contributed by atoms with Crippen molar-refractivity contribution < 1.29 is 28.9 Å². The Morgan fingerprint density at radius 2 is 1.33 bits per heavy atom. The summed E-state index contributed by atoms with van der Waals surface area (Å²) in [5.74, 6) is -1.97. The van der Waals surface area contributed by atoms with Crippen molar-refractivity contribution in [3.05, 3.63) is 92.0 Å². The van der Waals surface area contributed by atoms with E-state index in [9.17, 15) is 29.8 Å². The second-order valence-corrected chi connectivity index (χ2v) is 8.21. The van der Waals surface area contributed by atoms with Crippen molar-refractivity contribution in [3.8, 4) is 11.5 Å². The summed E-state index contributed by atoms with van der Waals surface area (Å²) in [5, 5.41) is 22.9. The lowest BCUT2D eigenvalue weighted by Crippen LogP contribution is -2.37. The van der Waals surface area contributed by atoms with Gasteiger partial charge in [-0.25, -0.2) is 9.88 Å². The fourth-order valence-corrected chi connectivity index (χ4v) is 4.37. The maximum atomic E-state index is 13.6. The van der Waals surface area contributed by atoms with E-state index in [4.69, 9.17) is 9.47 Å². The second-order valence-electron chi connectivity index (χ2n) is 7.20. The van der Waals surface area contributed by atoms with Gasteiger partial charge in [0.15, 0.2) is 11.5 Å². The number of nitro benzene ring substituents is 2. The number of thiazole rings is 1. The number of aromatic nitrogens is 1. The van der Waals surface area contributed by atoms with Gasteiger partial charge in [0.2, 0.25) is 5.13 Å². The van der Waals surface area contributed by atoms with Crippen molar-refractivity contribution in [2.75, 3.05) is 19.1 Å². The third-order valence-electron chi connectivity index (χ3n) is 5.13. The third kappa shape index (κ3) is 4.42. The van der Waals surface area contributed by atoms with Crippen LogP contribution < -0.4 is 14.4 Å². The Bertz CT molecular complexity index is 1420. The molecule has 0 fully saturated rings. The highest BCUT2D eigenvalue weighted by atomic mass is 32.1. The molecule has 0 radical (unpaired) electrons. The number of nitro groups is 2. The lowest BCUT2D eigenvalue weighted by molar-refractivity contribution is -0.385.